The van der Waals surface area contributed by atoms with E-state index in [1.807, 2.05) is 24.3 Å². The molecule has 4 rings (SSSR count). The van der Waals surface area contributed by atoms with Crippen LogP contribution in [0.1, 0.15) is 56.1 Å². The van der Waals surface area contributed by atoms with Crippen molar-refractivity contribution in [3.8, 4) is 6.07 Å². The van der Waals surface area contributed by atoms with Crippen LogP contribution in [-0.2, 0) is 9.59 Å². The van der Waals surface area contributed by atoms with Gasteiger partial charge in [-0.3, -0.25) is 9.59 Å². The Morgan fingerprint density at radius 2 is 1.88 bits per heavy atom. The van der Waals surface area contributed by atoms with Crippen molar-refractivity contribution in [2.45, 2.75) is 44.9 Å². The lowest BCUT2D eigenvalue weighted by Crippen LogP contribution is -2.31. The molecule has 0 spiro atoms. The number of hydrogen-bond donors (Lipinski definition) is 2. The zero-order valence-electron chi connectivity index (χ0n) is 19.2. The summed E-state index contributed by atoms with van der Waals surface area (Å²) in [7, 11) is 0. The van der Waals surface area contributed by atoms with E-state index in [-0.39, 0.29) is 23.3 Å². The van der Waals surface area contributed by atoms with Gasteiger partial charge in [-0.25, -0.2) is 4.39 Å². The first-order valence-corrected chi connectivity index (χ1v) is 12.3. The number of ketones is 1. The first-order valence-electron chi connectivity index (χ1n) is 11.3. The fraction of sp³-hybridized carbons (Fsp3) is 0.296. The second-order valence-electron chi connectivity index (χ2n) is 8.75. The van der Waals surface area contributed by atoms with Crippen molar-refractivity contribution >= 4 is 29.1 Å². The lowest BCUT2D eigenvalue weighted by atomic mass is 9.76. The first kappa shape index (κ1) is 23.8. The van der Waals surface area contributed by atoms with E-state index in [0.717, 1.165) is 24.1 Å². The average molecular weight is 476 g/mol. The van der Waals surface area contributed by atoms with Gasteiger partial charge in [0.15, 0.2) is 5.78 Å². The van der Waals surface area contributed by atoms with Crippen LogP contribution in [0.2, 0.25) is 0 Å². The van der Waals surface area contributed by atoms with Crippen LogP contribution in [0.25, 0.3) is 0 Å². The highest BCUT2D eigenvalue weighted by atomic mass is 32.2. The summed E-state index contributed by atoms with van der Waals surface area (Å²) in [6.45, 7) is 4.24. The maximum Gasteiger partial charge on any atom is 0.234 e. The molecule has 2 aromatic carbocycles. The summed E-state index contributed by atoms with van der Waals surface area (Å²) < 4.78 is 13.1. The number of benzene rings is 2. The van der Waals surface area contributed by atoms with Crippen LogP contribution in [0.15, 0.2) is 70.4 Å². The molecule has 34 heavy (non-hydrogen) atoms. The summed E-state index contributed by atoms with van der Waals surface area (Å²) in [4.78, 5) is 25.4. The Labute approximate surface area is 203 Å². The molecule has 0 aromatic heterocycles. The number of carbonyl (C=O) groups is 2. The average Bonchev–Trinajstić information content (AvgIpc) is 2.83. The molecule has 0 bridgehead atoms. The molecule has 2 aliphatic rings. The molecular formula is C27H26FN3O2S. The van der Waals surface area contributed by atoms with Gasteiger partial charge in [0.1, 0.15) is 5.82 Å². The number of halogens is 1. The van der Waals surface area contributed by atoms with Crippen LogP contribution >= 0.6 is 11.8 Å². The Morgan fingerprint density at radius 1 is 1.18 bits per heavy atom. The Bertz CT molecular complexity index is 1210. The monoisotopic (exact) mass is 475 g/mol. The zero-order valence-corrected chi connectivity index (χ0v) is 20.0. The molecule has 1 aliphatic carbocycles. The molecule has 1 atom stereocenters. The van der Waals surface area contributed by atoms with Crippen LogP contribution in [0.5, 0.6) is 0 Å². The van der Waals surface area contributed by atoms with E-state index in [2.05, 4.69) is 30.6 Å². The molecule has 5 nitrogen and oxygen atoms in total. The topological polar surface area (TPSA) is 82.0 Å². The van der Waals surface area contributed by atoms with Crippen molar-refractivity contribution in [2.24, 2.45) is 0 Å². The number of nitriles is 1. The SMILES string of the molecule is CC(C)c1ccc([C@H]2C(C#N)=C(SCC(=O)Nc3ccc(F)cc3)NC3=C2C(=O)CCC3)cc1. The van der Waals surface area contributed by atoms with E-state index in [0.29, 0.717) is 34.2 Å². The van der Waals surface area contributed by atoms with Gasteiger partial charge in [0.25, 0.3) is 0 Å². The van der Waals surface area contributed by atoms with Gasteiger partial charge in [-0.05, 0) is 54.2 Å². The van der Waals surface area contributed by atoms with Crippen molar-refractivity contribution in [1.29, 1.82) is 5.26 Å². The van der Waals surface area contributed by atoms with Crippen LogP contribution in [0.3, 0.4) is 0 Å². The number of dihydropyridines is 1. The van der Waals surface area contributed by atoms with Gasteiger partial charge in [0.2, 0.25) is 5.91 Å². The van der Waals surface area contributed by atoms with Gasteiger partial charge < -0.3 is 10.6 Å². The molecule has 0 unspecified atom stereocenters. The smallest absolute Gasteiger partial charge is 0.234 e. The van der Waals surface area contributed by atoms with E-state index in [1.54, 1.807) is 0 Å². The van der Waals surface area contributed by atoms with E-state index in [9.17, 15) is 19.2 Å². The maximum absolute atomic E-state index is 13.1. The lowest BCUT2D eigenvalue weighted by molar-refractivity contribution is -0.116. The van der Waals surface area contributed by atoms with E-state index >= 15 is 0 Å². The number of amides is 1. The van der Waals surface area contributed by atoms with E-state index in [1.165, 1.54) is 41.6 Å². The molecule has 0 saturated carbocycles. The number of Topliss-reactive ketones (excluding diaryl/α,β-unsaturated/α-hetero) is 1. The predicted octanol–water partition coefficient (Wildman–Crippen LogP) is 5.75. The number of rotatable bonds is 6. The molecule has 0 saturated heterocycles. The normalized spacial score (nSPS) is 17.9. The summed E-state index contributed by atoms with van der Waals surface area (Å²) in [5.74, 6) is -0.567. The third kappa shape index (κ3) is 5.07. The highest BCUT2D eigenvalue weighted by molar-refractivity contribution is 8.03. The Kier molecular flexibility index (Phi) is 7.18. The summed E-state index contributed by atoms with van der Waals surface area (Å²) in [5.41, 5.74) is 4.56. The molecule has 1 amide bonds. The standard InChI is InChI=1S/C27H26FN3O2S/c1-16(2)17-6-8-18(9-7-17)25-21(14-29)27(31-22-4-3-5-23(32)26(22)25)34-15-24(33)30-20-12-10-19(28)11-13-20/h6-13,16,25,31H,3-5,15H2,1-2H3,(H,30,33)/t25-/m0/s1. The quantitative estimate of drug-likeness (QED) is 0.556. The van der Waals surface area contributed by atoms with Crippen molar-refractivity contribution in [3.63, 3.8) is 0 Å². The third-order valence-electron chi connectivity index (χ3n) is 6.08. The number of nitrogens with one attached hydrogen (secondary N) is 2. The number of carbonyl (C=O) groups excluding carboxylic acids is 2. The largest absolute Gasteiger partial charge is 0.352 e. The van der Waals surface area contributed by atoms with Gasteiger partial charge in [-0.15, -0.1) is 0 Å². The van der Waals surface area contributed by atoms with Gasteiger partial charge in [0, 0.05) is 23.4 Å². The van der Waals surface area contributed by atoms with Crippen LogP contribution in [0.4, 0.5) is 10.1 Å². The second kappa shape index (κ2) is 10.3. The van der Waals surface area contributed by atoms with Gasteiger partial charge in [-0.2, -0.15) is 5.26 Å². The summed E-state index contributed by atoms with van der Waals surface area (Å²) in [6.07, 6.45) is 1.96. The van der Waals surface area contributed by atoms with Gasteiger partial charge >= 0.3 is 0 Å². The van der Waals surface area contributed by atoms with Crippen molar-refractivity contribution in [3.05, 3.63) is 87.3 Å². The molecule has 2 N–H and O–H groups in total. The molecule has 0 radical (unpaired) electrons. The van der Waals surface area contributed by atoms with Crippen LogP contribution < -0.4 is 10.6 Å². The molecule has 0 fully saturated rings. The van der Waals surface area contributed by atoms with Crippen molar-refractivity contribution in [2.75, 3.05) is 11.1 Å². The van der Waals surface area contributed by atoms with E-state index in [4.69, 9.17) is 0 Å². The Morgan fingerprint density at radius 3 is 2.53 bits per heavy atom. The molecule has 1 aliphatic heterocycles. The fourth-order valence-corrected chi connectivity index (χ4v) is 5.17. The highest BCUT2D eigenvalue weighted by Gasteiger charge is 2.37. The molecule has 1 heterocycles. The molecular weight excluding hydrogens is 449 g/mol. The minimum atomic E-state index is -0.446. The number of nitrogens with zero attached hydrogens (tertiary/aromatic N) is 1. The highest BCUT2D eigenvalue weighted by Crippen LogP contribution is 2.44. The maximum atomic E-state index is 13.1. The second-order valence-corrected chi connectivity index (χ2v) is 9.73. The molecule has 174 valence electrons. The Balaban J connectivity index is 1.61. The van der Waals surface area contributed by atoms with E-state index < -0.39 is 5.92 Å². The van der Waals surface area contributed by atoms with Gasteiger partial charge in [0.05, 0.1) is 28.3 Å². The Hall–Kier alpha value is -3.37. The number of thioether (sulfide) groups is 1. The van der Waals surface area contributed by atoms with Crippen LogP contribution in [0, 0.1) is 17.1 Å². The number of allylic oxidation sites excluding steroid dienone is 3. The summed E-state index contributed by atoms with van der Waals surface area (Å²) in [6, 6.07) is 16.0. The minimum Gasteiger partial charge on any atom is -0.352 e. The molecule has 7 heteroatoms. The third-order valence-corrected chi connectivity index (χ3v) is 7.09. The van der Waals surface area contributed by atoms with Gasteiger partial charge in [-0.1, -0.05) is 49.9 Å². The van der Waals surface area contributed by atoms with Crippen molar-refractivity contribution < 1.29 is 14.0 Å². The summed E-state index contributed by atoms with van der Waals surface area (Å²) in [5, 5.41) is 16.7. The number of hydrogen-bond acceptors (Lipinski definition) is 5. The fourth-order valence-electron chi connectivity index (χ4n) is 4.31. The summed E-state index contributed by atoms with van der Waals surface area (Å²) >= 11 is 1.24. The molecule has 2 aromatic rings. The zero-order chi connectivity index (χ0) is 24.2. The first-order chi connectivity index (χ1) is 16.4. The van der Waals surface area contributed by atoms with Crippen molar-refractivity contribution in [1.82, 2.24) is 5.32 Å². The number of anilines is 1. The van der Waals surface area contributed by atoms with Crippen LogP contribution in [-0.4, -0.2) is 17.4 Å². The minimum absolute atomic E-state index is 0.0672. The predicted molar refractivity (Wildman–Crippen MR) is 132 cm³/mol. The lowest BCUT2D eigenvalue weighted by Gasteiger charge is -2.33.